The Morgan fingerprint density at radius 1 is 0.938 bits per heavy atom. The number of carbonyl (C=O) groups excluding carboxylic acids is 1. The van der Waals surface area contributed by atoms with Gasteiger partial charge in [0.2, 0.25) is 6.08 Å². The Balaban J connectivity index is 2.24. The van der Waals surface area contributed by atoms with Crippen molar-refractivity contribution in [3.63, 3.8) is 0 Å². The molecule has 0 saturated heterocycles. The van der Waals surface area contributed by atoms with E-state index in [0.29, 0.717) is 0 Å². The molecule has 2 heteroatoms. The first kappa shape index (κ1) is 9.80. The number of hydrogen-bond donors (Lipinski definition) is 0. The molecule has 2 nitrogen and oxygen atoms in total. The van der Waals surface area contributed by atoms with Gasteiger partial charge in [0.1, 0.15) is 0 Å². The lowest BCUT2D eigenvalue weighted by Crippen LogP contribution is -2.07. The summed E-state index contributed by atoms with van der Waals surface area (Å²) in [5, 5.41) is 0. The van der Waals surface area contributed by atoms with Gasteiger partial charge in [-0.05, 0) is 73.3 Å². The molecule has 0 bridgehead atoms. The van der Waals surface area contributed by atoms with Gasteiger partial charge in [-0.25, -0.2) is 4.79 Å². The first-order valence-electron chi connectivity index (χ1n) is 6.14. The van der Waals surface area contributed by atoms with Crippen molar-refractivity contribution >= 4 is 11.8 Å². The van der Waals surface area contributed by atoms with Crippen LogP contribution in [0.3, 0.4) is 0 Å². The molecule has 2 aliphatic rings. The Labute approximate surface area is 95.4 Å². The van der Waals surface area contributed by atoms with Crippen molar-refractivity contribution in [3.8, 4) is 0 Å². The van der Waals surface area contributed by atoms with E-state index in [1.54, 1.807) is 11.6 Å². The Morgan fingerprint density at radius 2 is 1.69 bits per heavy atom. The van der Waals surface area contributed by atoms with Crippen molar-refractivity contribution in [3.05, 3.63) is 28.3 Å². The third-order valence-electron chi connectivity index (χ3n) is 3.88. The summed E-state index contributed by atoms with van der Waals surface area (Å²) in [6.07, 6.45) is 10.1. The van der Waals surface area contributed by atoms with Gasteiger partial charge >= 0.3 is 0 Å². The smallest absolute Gasteiger partial charge is 0.211 e. The van der Waals surface area contributed by atoms with E-state index in [1.807, 2.05) is 0 Å². The van der Waals surface area contributed by atoms with E-state index in [0.717, 1.165) is 18.5 Å². The van der Waals surface area contributed by atoms with E-state index < -0.39 is 0 Å². The third kappa shape index (κ3) is 1.42. The highest BCUT2D eigenvalue weighted by Crippen LogP contribution is 2.38. The zero-order valence-electron chi connectivity index (χ0n) is 9.38. The van der Waals surface area contributed by atoms with Crippen LogP contribution in [0.15, 0.2) is 11.1 Å². The van der Waals surface area contributed by atoms with Crippen molar-refractivity contribution < 1.29 is 4.79 Å². The SMILES string of the molecule is O=C=Nc1cc2c(c3c1CCCC3)CCC2. The average molecular weight is 213 g/mol. The molecule has 0 heterocycles. The van der Waals surface area contributed by atoms with Crippen LogP contribution in [0, 0.1) is 0 Å². The summed E-state index contributed by atoms with van der Waals surface area (Å²) in [7, 11) is 0. The molecule has 0 radical (unpaired) electrons. The molecule has 0 N–H and O–H groups in total. The average Bonchev–Trinajstić information content (AvgIpc) is 2.78. The number of aryl methyl sites for hydroxylation is 1. The highest BCUT2D eigenvalue weighted by Gasteiger charge is 2.22. The van der Waals surface area contributed by atoms with Crippen LogP contribution < -0.4 is 0 Å². The van der Waals surface area contributed by atoms with E-state index in [1.165, 1.54) is 48.8 Å². The second kappa shape index (κ2) is 3.88. The summed E-state index contributed by atoms with van der Waals surface area (Å²) in [5.74, 6) is 0. The summed E-state index contributed by atoms with van der Waals surface area (Å²) >= 11 is 0. The van der Waals surface area contributed by atoms with Crippen LogP contribution in [0.1, 0.15) is 41.5 Å². The summed E-state index contributed by atoms with van der Waals surface area (Å²) < 4.78 is 0. The molecule has 0 spiro atoms. The van der Waals surface area contributed by atoms with E-state index in [9.17, 15) is 4.79 Å². The summed E-state index contributed by atoms with van der Waals surface area (Å²) in [4.78, 5) is 14.4. The van der Waals surface area contributed by atoms with E-state index >= 15 is 0 Å². The standard InChI is InChI=1S/C14H15NO/c16-9-15-14-8-10-4-3-7-11(10)12-5-1-2-6-13(12)14/h8H,1-7H2. The van der Waals surface area contributed by atoms with Crippen molar-refractivity contribution in [1.29, 1.82) is 0 Å². The van der Waals surface area contributed by atoms with Crippen LogP contribution in [0.4, 0.5) is 5.69 Å². The molecule has 16 heavy (non-hydrogen) atoms. The van der Waals surface area contributed by atoms with E-state index in [-0.39, 0.29) is 0 Å². The summed E-state index contributed by atoms with van der Waals surface area (Å²) in [6.45, 7) is 0. The van der Waals surface area contributed by atoms with Crippen LogP contribution in [-0.4, -0.2) is 6.08 Å². The molecule has 0 amide bonds. The fourth-order valence-electron chi connectivity index (χ4n) is 3.19. The maximum Gasteiger partial charge on any atom is 0.240 e. The van der Waals surface area contributed by atoms with Crippen molar-refractivity contribution in [2.24, 2.45) is 4.99 Å². The number of rotatable bonds is 1. The van der Waals surface area contributed by atoms with Gasteiger partial charge in [0.25, 0.3) is 0 Å². The monoisotopic (exact) mass is 213 g/mol. The minimum absolute atomic E-state index is 0.894. The molecule has 0 aromatic heterocycles. The molecule has 82 valence electrons. The molecule has 0 aliphatic heterocycles. The van der Waals surface area contributed by atoms with Gasteiger partial charge in [-0.2, -0.15) is 4.99 Å². The number of isocyanates is 1. The van der Waals surface area contributed by atoms with E-state index in [4.69, 9.17) is 0 Å². The van der Waals surface area contributed by atoms with Crippen molar-refractivity contribution in [2.75, 3.05) is 0 Å². The molecule has 1 aromatic rings. The van der Waals surface area contributed by atoms with Gasteiger partial charge < -0.3 is 0 Å². The normalized spacial score (nSPS) is 17.5. The molecule has 0 saturated carbocycles. The Hall–Kier alpha value is -1.40. The molecule has 3 rings (SSSR count). The number of fused-ring (bicyclic) bond motifs is 3. The Bertz CT molecular complexity index is 484. The molecule has 2 aliphatic carbocycles. The largest absolute Gasteiger partial charge is 0.240 e. The fourth-order valence-corrected chi connectivity index (χ4v) is 3.19. The van der Waals surface area contributed by atoms with Crippen LogP contribution in [0.25, 0.3) is 0 Å². The van der Waals surface area contributed by atoms with Crippen molar-refractivity contribution in [2.45, 2.75) is 44.9 Å². The van der Waals surface area contributed by atoms with Gasteiger partial charge in [-0.15, -0.1) is 0 Å². The number of hydrogen-bond acceptors (Lipinski definition) is 2. The first-order valence-corrected chi connectivity index (χ1v) is 6.14. The summed E-state index contributed by atoms with van der Waals surface area (Å²) in [5.41, 5.74) is 6.73. The van der Waals surface area contributed by atoms with Crippen LogP contribution >= 0.6 is 0 Å². The Kier molecular flexibility index (Phi) is 2.37. The lowest BCUT2D eigenvalue weighted by molar-refractivity contribution is 0.565. The maximum atomic E-state index is 10.5. The minimum atomic E-state index is 0.894. The van der Waals surface area contributed by atoms with Gasteiger partial charge in [0.05, 0.1) is 5.69 Å². The maximum absolute atomic E-state index is 10.5. The zero-order chi connectivity index (χ0) is 11.0. The minimum Gasteiger partial charge on any atom is -0.211 e. The number of aliphatic imine (C=N–C) groups is 1. The molecule has 0 unspecified atom stereocenters. The van der Waals surface area contributed by atoms with Crippen LogP contribution in [-0.2, 0) is 30.5 Å². The lowest BCUT2D eigenvalue weighted by Gasteiger charge is -2.21. The van der Waals surface area contributed by atoms with Gasteiger partial charge in [-0.1, -0.05) is 0 Å². The van der Waals surface area contributed by atoms with Crippen LogP contribution in [0.5, 0.6) is 0 Å². The second-order valence-electron chi connectivity index (χ2n) is 4.75. The van der Waals surface area contributed by atoms with Crippen molar-refractivity contribution in [1.82, 2.24) is 0 Å². The fraction of sp³-hybridized carbons (Fsp3) is 0.500. The van der Waals surface area contributed by atoms with Gasteiger partial charge in [-0.3, -0.25) is 0 Å². The topological polar surface area (TPSA) is 29.4 Å². The number of benzene rings is 1. The molecule has 1 aromatic carbocycles. The van der Waals surface area contributed by atoms with Gasteiger partial charge in [0, 0.05) is 0 Å². The predicted molar refractivity (Wildman–Crippen MR) is 62.9 cm³/mol. The second-order valence-corrected chi connectivity index (χ2v) is 4.75. The molecular weight excluding hydrogens is 198 g/mol. The third-order valence-corrected chi connectivity index (χ3v) is 3.88. The molecular formula is C14H15NO. The highest BCUT2D eigenvalue weighted by atomic mass is 16.1. The summed E-state index contributed by atoms with van der Waals surface area (Å²) in [6, 6.07) is 2.12. The number of nitrogens with zero attached hydrogens (tertiary/aromatic N) is 1. The van der Waals surface area contributed by atoms with Gasteiger partial charge in [0.15, 0.2) is 0 Å². The predicted octanol–water partition coefficient (Wildman–Crippen LogP) is 3.02. The Morgan fingerprint density at radius 3 is 2.50 bits per heavy atom. The first-order chi connectivity index (χ1) is 7.90. The van der Waals surface area contributed by atoms with Crippen LogP contribution in [0.2, 0.25) is 0 Å². The van der Waals surface area contributed by atoms with E-state index in [2.05, 4.69) is 11.1 Å². The lowest BCUT2D eigenvalue weighted by atomic mass is 9.85. The quantitative estimate of drug-likeness (QED) is 0.521. The molecule has 0 atom stereocenters. The molecule has 0 fully saturated rings. The highest BCUT2D eigenvalue weighted by molar-refractivity contribution is 5.62. The zero-order valence-corrected chi connectivity index (χ0v) is 9.38.